The van der Waals surface area contributed by atoms with Crippen LogP contribution in [0.25, 0.3) is 0 Å². The lowest BCUT2D eigenvalue weighted by Gasteiger charge is -2.20. The van der Waals surface area contributed by atoms with E-state index >= 15 is 0 Å². The summed E-state index contributed by atoms with van der Waals surface area (Å²) in [6.45, 7) is 2.53. The second-order valence-electron chi connectivity index (χ2n) is 4.12. The Labute approximate surface area is 114 Å². The summed E-state index contributed by atoms with van der Waals surface area (Å²) in [5.74, 6) is -0.587. The third kappa shape index (κ3) is 2.65. The van der Waals surface area contributed by atoms with Crippen molar-refractivity contribution in [3.05, 3.63) is 33.9 Å². The molecule has 2 rings (SSSR count). The zero-order valence-corrected chi connectivity index (χ0v) is 11.4. The molecule has 0 bridgehead atoms. The Morgan fingerprint density at radius 3 is 2.84 bits per heavy atom. The average Bonchev–Trinajstić information content (AvgIpc) is 2.74. The van der Waals surface area contributed by atoms with Crippen molar-refractivity contribution >= 4 is 28.8 Å². The van der Waals surface area contributed by atoms with E-state index in [2.05, 4.69) is 9.97 Å². The van der Waals surface area contributed by atoms with Crippen molar-refractivity contribution in [2.75, 3.05) is 17.7 Å². The van der Waals surface area contributed by atoms with Crippen LogP contribution in [0.4, 0.5) is 11.5 Å². The Morgan fingerprint density at radius 2 is 2.26 bits per heavy atom. The van der Waals surface area contributed by atoms with Gasteiger partial charge in [0.25, 0.3) is 0 Å². The number of thiazole rings is 1. The summed E-state index contributed by atoms with van der Waals surface area (Å²) in [5, 5.41) is 9.04. The van der Waals surface area contributed by atoms with Crippen LogP contribution in [-0.4, -0.2) is 28.1 Å². The number of carbonyl (C=O) groups is 1. The van der Waals surface area contributed by atoms with Gasteiger partial charge in [-0.1, -0.05) is 0 Å². The van der Waals surface area contributed by atoms with Crippen LogP contribution in [0.5, 0.6) is 0 Å². The summed E-state index contributed by atoms with van der Waals surface area (Å²) in [7, 11) is 1.82. The monoisotopic (exact) mass is 278 g/mol. The lowest BCUT2D eigenvalue weighted by Crippen LogP contribution is -2.20. The largest absolute Gasteiger partial charge is 0.478 e. The van der Waals surface area contributed by atoms with Gasteiger partial charge in [-0.3, -0.25) is 0 Å². The average molecular weight is 278 g/mol. The van der Waals surface area contributed by atoms with Gasteiger partial charge in [0.05, 0.1) is 29.0 Å². The lowest BCUT2D eigenvalue weighted by atomic mass is 10.2. The molecule has 6 nitrogen and oxygen atoms in total. The molecule has 0 fully saturated rings. The molecular formula is C12H14N4O2S. The van der Waals surface area contributed by atoms with Crippen molar-refractivity contribution in [3.63, 3.8) is 0 Å². The van der Waals surface area contributed by atoms with Crippen molar-refractivity contribution in [3.8, 4) is 0 Å². The Hall–Kier alpha value is -2.15. The first-order valence-electron chi connectivity index (χ1n) is 5.58. The molecule has 2 heterocycles. The number of rotatable bonds is 4. The number of aryl methyl sites for hydroxylation is 1. The highest BCUT2D eigenvalue weighted by molar-refractivity contribution is 7.09. The van der Waals surface area contributed by atoms with E-state index in [-0.39, 0.29) is 11.3 Å². The van der Waals surface area contributed by atoms with E-state index < -0.39 is 5.97 Å². The Kier molecular flexibility index (Phi) is 3.66. The van der Waals surface area contributed by atoms with Gasteiger partial charge in [-0.05, 0) is 13.0 Å². The van der Waals surface area contributed by atoms with Gasteiger partial charge in [-0.25, -0.2) is 14.8 Å². The molecule has 0 atom stereocenters. The van der Waals surface area contributed by atoms with Crippen molar-refractivity contribution in [1.82, 2.24) is 9.97 Å². The SMILES string of the molecule is Cc1ncsc1CN(C)c1nccc(C(=O)O)c1N. The first-order valence-corrected chi connectivity index (χ1v) is 6.46. The molecule has 2 aromatic heterocycles. The van der Waals surface area contributed by atoms with E-state index in [4.69, 9.17) is 10.8 Å². The number of hydrogen-bond donors (Lipinski definition) is 2. The maximum absolute atomic E-state index is 11.0. The Balaban J connectivity index is 2.29. The molecule has 0 aromatic carbocycles. The van der Waals surface area contributed by atoms with Crippen LogP contribution in [0.3, 0.4) is 0 Å². The molecule has 100 valence electrons. The number of pyridine rings is 1. The number of carboxylic acids is 1. The summed E-state index contributed by atoms with van der Waals surface area (Å²) in [6, 6.07) is 1.40. The quantitative estimate of drug-likeness (QED) is 0.885. The van der Waals surface area contributed by atoms with Crippen LogP contribution in [0.15, 0.2) is 17.8 Å². The molecule has 3 N–H and O–H groups in total. The normalized spacial score (nSPS) is 10.4. The number of carboxylic acid groups (broad SMARTS) is 1. The molecule has 0 aliphatic rings. The first kappa shape index (κ1) is 13.3. The van der Waals surface area contributed by atoms with Crippen molar-refractivity contribution in [2.45, 2.75) is 13.5 Å². The van der Waals surface area contributed by atoms with E-state index in [1.807, 2.05) is 18.9 Å². The maximum Gasteiger partial charge on any atom is 0.337 e. The second-order valence-corrected chi connectivity index (χ2v) is 5.06. The summed E-state index contributed by atoms with van der Waals surface area (Å²) >= 11 is 1.55. The summed E-state index contributed by atoms with van der Waals surface area (Å²) < 4.78 is 0. The van der Waals surface area contributed by atoms with Gasteiger partial charge in [-0.15, -0.1) is 11.3 Å². The second kappa shape index (κ2) is 5.23. The van der Waals surface area contributed by atoms with E-state index in [0.717, 1.165) is 10.6 Å². The van der Waals surface area contributed by atoms with Crippen molar-refractivity contribution in [1.29, 1.82) is 0 Å². The highest BCUT2D eigenvalue weighted by atomic mass is 32.1. The van der Waals surface area contributed by atoms with Gasteiger partial charge in [-0.2, -0.15) is 0 Å². The number of aromatic carboxylic acids is 1. The molecular weight excluding hydrogens is 264 g/mol. The third-order valence-electron chi connectivity index (χ3n) is 2.79. The van der Waals surface area contributed by atoms with Gasteiger partial charge in [0.1, 0.15) is 0 Å². The highest BCUT2D eigenvalue weighted by Crippen LogP contribution is 2.25. The van der Waals surface area contributed by atoms with E-state index in [1.54, 1.807) is 16.8 Å². The predicted molar refractivity (Wildman–Crippen MR) is 74.6 cm³/mol. The van der Waals surface area contributed by atoms with Crippen LogP contribution in [0, 0.1) is 6.92 Å². The third-order valence-corrected chi connectivity index (χ3v) is 3.71. The first-order chi connectivity index (χ1) is 9.00. The highest BCUT2D eigenvalue weighted by Gasteiger charge is 2.16. The minimum Gasteiger partial charge on any atom is -0.478 e. The van der Waals surface area contributed by atoms with E-state index in [0.29, 0.717) is 12.4 Å². The fourth-order valence-corrected chi connectivity index (χ4v) is 2.55. The molecule has 2 aromatic rings. The van der Waals surface area contributed by atoms with E-state index in [9.17, 15) is 4.79 Å². The minimum absolute atomic E-state index is 0.0675. The molecule has 0 amide bonds. The fourth-order valence-electron chi connectivity index (χ4n) is 1.72. The lowest BCUT2D eigenvalue weighted by molar-refractivity contribution is 0.0698. The summed E-state index contributed by atoms with van der Waals surface area (Å²) in [5.41, 5.74) is 8.85. The standard InChI is InChI=1S/C12H14N4O2S/c1-7-9(19-6-15-7)5-16(2)11-10(13)8(12(17)18)3-4-14-11/h3-4,6H,5,13H2,1-2H3,(H,17,18). The number of nitrogens with zero attached hydrogens (tertiary/aromatic N) is 3. The van der Waals surface area contributed by atoms with Gasteiger partial charge >= 0.3 is 5.97 Å². The van der Waals surface area contributed by atoms with Crippen LogP contribution in [0.2, 0.25) is 0 Å². The number of anilines is 2. The summed E-state index contributed by atoms with van der Waals surface area (Å²) in [4.78, 5) is 22.3. The number of aromatic nitrogens is 2. The molecule has 19 heavy (non-hydrogen) atoms. The minimum atomic E-state index is -1.05. The maximum atomic E-state index is 11.0. The molecule has 0 saturated carbocycles. The number of hydrogen-bond acceptors (Lipinski definition) is 6. The van der Waals surface area contributed by atoms with Crippen LogP contribution >= 0.6 is 11.3 Å². The molecule has 0 spiro atoms. The molecule has 0 aliphatic heterocycles. The molecule has 7 heteroatoms. The Morgan fingerprint density at radius 1 is 1.53 bits per heavy atom. The zero-order valence-electron chi connectivity index (χ0n) is 10.6. The van der Waals surface area contributed by atoms with Gasteiger partial charge in [0.2, 0.25) is 0 Å². The molecule has 0 radical (unpaired) electrons. The smallest absolute Gasteiger partial charge is 0.337 e. The van der Waals surface area contributed by atoms with Crippen molar-refractivity contribution in [2.24, 2.45) is 0 Å². The molecule has 0 saturated heterocycles. The number of nitrogens with two attached hydrogens (primary N) is 1. The zero-order chi connectivity index (χ0) is 14.0. The van der Waals surface area contributed by atoms with Gasteiger partial charge in [0.15, 0.2) is 5.82 Å². The predicted octanol–water partition coefficient (Wildman–Crippen LogP) is 1.76. The van der Waals surface area contributed by atoms with Crippen LogP contribution < -0.4 is 10.6 Å². The van der Waals surface area contributed by atoms with E-state index in [1.165, 1.54) is 12.3 Å². The molecule has 0 unspecified atom stereocenters. The Bertz CT molecular complexity index is 612. The fraction of sp³-hybridized carbons (Fsp3) is 0.250. The van der Waals surface area contributed by atoms with Gasteiger partial charge < -0.3 is 15.7 Å². The number of nitrogen functional groups attached to an aromatic ring is 1. The van der Waals surface area contributed by atoms with Crippen molar-refractivity contribution < 1.29 is 9.90 Å². The summed E-state index contributed by atoms with van der Waals surface area (Å²) in [6.07, 6.45) is 1.45. The van der Waals surface area contributed by atoms with Crippen LogP contribution in [0.1, 0.15) is 20.9 Å². The molecule has 0 aliphatic carbocycles. The van der Waals surface area contributed by atoms with Crippen LogP contribution in [-0.2, 0) is 6.54 Å². The van der Waals surface area contributed by atoms with Gasteiger partial charge in [0, 0.05) is 18.1 Å². The topological polar surface area (TPSA) is 92.3 Å².